The van der Waals surface area contributed by atoms with Gasteiger partial charge >= 0.3 is 0 Å². The van der Waals surface area contributed by atoms with E-state index in [4.69, 9.17) is 9.47 Å². The molecular formula is C19H39N3O4. The number of nitrogens with one attached hydrogen (secondary N) is 2. The summed E-state index contributed by atoms with van der Waals surface area (Å²) in [7, 11) is 3.80. The average Bonchev–Trinajstić information content (AvgIpc) is 2.54. The fraction of sp³-hybridized carbons (Fsp3) is 0.895. The Labute approximate surface area is 159 Å². The standard InChI is InChI=1S/C19H39N3O4/c1-14(2)17(16(5)23)21-19(24)18(15(3)4)22(7)9-11-26-13-12-25-10-8-20-6/h14-15,17-18,20H,8-13H2,1-7H3,(H,21,24)/t17-,18-/m0/s1. The SMILES string of the molecule is CNCCOCCOCCN(C)[C@H](C(=O)N[C@H](C(C)=O)C(C)C)C(C)C. The first-order chi connectivity index (χ1) is 12.2. The Morgan fingerprint density at radius 2 is 1.54 bits per heavy atom. The Balaban J connectivity index is 4.37. The fourth-order valence-corrected chi connectivity index (χ4v) is 2.83. The van der Waals surface area contributed by atoms with Gasteiger partial charge in [-0.05, 0) is 32.9 Å². The Morgan fingerprint density at radius 1 is 0.962 bits per heavy atom. The molecule has 0 radical (unpaired) electrons. The van der Waals surface area contributed by atoms with Crippen molar-refractivity contribution in [3.8, 4) is 0 Å². The van der Waals surface area contributed by atoms with Gasteiger partial charge in [-0.15, -0.1) is 0 Å². The number of Topliss-reactive ketones (excluding diaryl/α,β-unsaturated/α-hetero) is 1. The van der Waals surface area contributed by atoms with Crippen molar-refractivity contribution in [2.45, 2.75) is 46.7 Å². The normalized spacial score (nSPS) is 14.1. The van der Waals surface area contributed by atoms with Crippen LogP contribution in [0.25, 0.3) is 0 Å². The second-order valence-electron chi connectivity index (χ2n) is 7.34. The van der Waals surface area contributed by atoms with E-state index in [1.54, 1.807) is 0 Å². The summed E-state index contributed by atoms with van der Waals surface area (Å²) in [6, 6.07) is -0.741. The molecule has 0 aliphatic carbocycles. The van der Waals surface area contributed by atoms with Crippen LogP contribution in [0, 0.1) is 11.8 Å². The lowest BCUT2D eigenvalue weighted by Gasteiger charge is -2.32. The van der Waals surface area contributed by atoms with Crippen molar-refractivity contribution in [2.75, 3.05) is 53.6 Å². The lowest BCUT2D eigenvalue weighted by atomic mass is 9.97. The van der Waals surface area contributed by atoms with E-state index >= 15 is 0 Å². The van der Waals surface area contributed by atoms with Crippen molar-refractivity contribution in [3.05, 3.63) is 0 Å². The molecule has 26 heavy (non-hydrogen) atoms. The van der Waals surface area contributed by atoms with Gasteiger partial charge in [0.1, 0.15) is 0 Å². The molecule has 0 unspecified atom stereocenters. The topological polar surface area (TPSA) is 79.9 Å². The minimum atomic E-state index is -0.442. The van der Waals surface area contributed by atoms with Crippen LogP contribution in [-0.2, 0) is 19.1 Å². The van der Waals surface area contributed by atoms with E-state index in [1.807, 2.05) is 46.7 Å². The van der Waals surface area contributed by atoms with Gasteiger partial charge in [-0.2, -0.15) is 0 Å². The third-order valence-electron chi connectivity index (χ3n) is 4.23. The van der Waals surface area contributed by atoms with Gasteiger partial charge in [0.05, 0.1) is 38.5 Å². The van der Waals surface area contributed by atoms with Crippen molar-refractivity contribution in [1.82, 2.24) is 15.5 Å². The molecule has 0 aromatic carbocycles. The molecule has 0 heterocycles. The minimum absolute atomic E-state index is 0.0138. The third-order valence-corrected chi connectivity index (χ3v) is 4.23. The van der Waals surface area contributed by atoms with Gasteiger partial charge in [-0.1, -0.05) is 27.7 Å². The lowest BCUT2D eigenvalue weighted by molar-refractivity contribution is -0.132. The quantitative estimate of drug-likeness (QED) is 0.416. The molecule has 2 N–H and O–H groups in total. The van der Waals surface area contributed by atoms with Crippen LogP contribution in [0.2, 0.25) is 0 Å². The number of nitrogens with zero attached hydrogens (tertiary/aromatic N) is 1. The first-order valence-electron chi connectivity index (χ1n) is 9.53. The van der Waals surface area contributed by atoms with Crippen LogP contribution >= 0.6 is 0 Å². The minimum Gasteiger partial charge on any atom is -0.378 e. The van der Waals surface area contributed by atoms with E-state index in [0.29, 0.717) is 33.0 Å². The molecule has 0 aliphatic heterocycles. The molecule has 0 aromatic heterocycles. The summed E-state index contributed by atoms with van der Waals surface area (Å²) in [6.45, 7) is 13.2. The molecule has 1 amide bonds. The van der Waals surface area contributed by atoms with Crippen LogP contribution in [-0.4, -0.2) is 82.3 Å². The molecule has 0 saturated carbocycles. The summed E-state index contributed by atoms with van der Waals surface area (Å²) in [4.78, 5) is 26.5. The van der Waals surface area contributed by atoms with Crippen LogP contribution in [0.3, 0.4) is 0 Å². The Hall–Kier alpha value is -1.02. The number of hydrogen-bond donors (Lipinski definition) is 2. The highest BCUT2D eigenvalue weighted by Crippen LogP contribution is 2.11. The molecule has 0 aromatic rings. The van der Waals surface area contributed by atoms with Gasteiger partial charge < -0.3 is 20.1 Å². The molecule has 7 nitrogen and oxygen atoms in total. The molecule has 2 atom stereocenters. The molecule has 0 spiro atoms. The van der Waals surface area contributed by atoms with E-state index in [2.05, 4.69) is 10.6 Å². The van der Waals surface area contributed by atoms with Gasteiger partial charge in [0.25, 0.3) is 0 Å². The molecule has 0 aliphatic rings. The third kappa shape index (κ3) is 10.2. The summed E-state index contributed by atoms with van der Waals surface area (Å²) < 4.78 is 11.0. The van der Waals surface area contributed by atoms with Gasteiger partial charge in [0, 0.05) is 13.1 Å². The highest BCUT2D eigenvalue weighted by Gasteiger charge is 2.30. The van der Waals surface area contributed by atoms with Crippen LogP contribution in [0.1, 0.15) is 34.6 Å². The van der Waals surface area contributed by atoms with Crippen molar-refractivity contribution < 1.29 is 19.1 Å². The maximum atomic E-state index is 12.7. The maximum Gasteiger partial charge on any atom is 0.238 e. The number of likely N-dealkylation sites (N-methyl/N-ethyl adjacent to an activating group) is 2. The predicted octanol–water partition coefficient (Wildman–Crippen LogP) is 0.925. The van der Waals surface area contributed by atoms with Crippen LogP contribution in [0.5, 0.6) is 0 Å². The Morgan fingerprint density at radius 3 is 2.00 bits per heavy atom. The highest BCUT2D eigenvalue weighted by molar-refractivity contribution is 5.89. The van der Waals surface area contributed by atoms with Crippen molar-refractivity contribution >= 4 is 11.7 Å². The number of amides is 1. The number of carbonyl (C=O) groups excluding carboxylic acids is 2. The number of ether oxygens (including phenoxy) is 2. The Bertz CT molecular complexity index is 402. The van der Waals surface area contributed by atoms with E-state index in [-0.39, 0.29) is 29.6 Å². The number of hydrogen-bond acceptors (Lipinski definition) is 6. The highest BCUT2D eigenvalue weighted by atomic mass is 16.5. The van der Waals surface area contributed by atoms with Gasteiger partial charge in [0.15, 0.2) is 5.78 Å². The molecule has 0 bridgehead atoms. The number of rotatable bonds is 15. The molecule has 0 rings (SSSR count). The predicted molar refractivity (Wildman–Crippen MR) is 104 cm³/mol. The maximum absolute atomic E-state index is 12.7. The zero-order valence-corrected chi connectivity index (χ0v) is 17.6. The summed E-state index contributed by atoms with van der Waals surface area (Å²) in [5.74, 6) is 0.0809. The summed E-state index contributed by atoms with van der Waals surface area (Å²) in [5, 5.41) is 5.93. The summed E-state index contributed by atoms with van der Waals surface area (Å²) in [5.41, 5.74) is 0. The number of ketones is 1. The van der Waals surface area contributed by atoms with E-state index < -0.39 is 6.04 Å². The second kappa shape index (κ2) is 14.1. The zero-order valence-electron chi connectivity index (χ0n) is 17.6. The van der Waals surface area contributed by atoms with E-state index in [0.717, 1.165) is 6.54 Å². The first-order valence-corrected chi connectivity index (χ1v) is 9.53. The van der Waals surface area contributed by atoms with Crippen LogP contribution in [0.15, 0.2) is 0 Å². The smallest absolute Gasteiger partial charge is 0.238 e. The lowest BCUT2D eigenvalue weighted by Crippen LogP contribution is -2.54. The van der Waals surface area contributed by atoms with Gasteiger partial charge in [0.2, 0.25) is 5.91 Å². The second-order valence-corrected chi connectivity index (χ2v) is 7.34. The molecule has 154 valence electrons. The molecule has 0 saturated heterocycles. The monoisotopic (exact) mass is 373 g/mol. The Kier molecular flexibility index (Phi) is 13.5. The van der Waals surface area contributed by atoms with E-state index in [1.165, 1.54) is 6.92 Å². The van der Waals surface area contributed by atoms with Crippen molar-refractivity contribution in [2.24, 2.45) is 11.8 Å². The molecule has 7 heteroatoms. The first kappa shape index (κ1) is 25.0. The van der Waals surface area contributed by atoms with Crippen LogP contribution in [0.4, 0.5) is 0 Å². The molecular weight excluding hydrogens is 334 g/mol. The summed E-state index contributed by atoms with van der Waals surface area (Å²) >= 11 is 0. The fourth-order valence-electron chi connectivity index (χ4n) is 2.83. The number of carbonyl (C=O) groups is 2. The largest absolute Gasteiger partial charge is 0.378 e. The average molecular weight is 374 g/mol. The zero-order chi connectivity index (χ0) is 20.1. The molecule has 0 fully saturated rings. The van der Waals surface area contributed by atoms with Crippen LogP contribution < -0.4 is 10.6 Å². The van der Waals surface area contributed by atoms with Gasteiger partial charge in [-0.25, -0.2) is 0 Å². The van der Waals surface area contributed by atoms with Gasteiger partial charge in [-0.3, -0.25) is 14.5 Å². The van der Waals surface area contributed by atoms with Crippen molar-refractivity contribution in [1.29, 1.82) is 0 Å². The summed E-state index contributed by atoms with van der Waals surface area (Å²) in [6.07, 6.45) is 0. The van der Waals surface area contributed by atoms with Crippen molar-refractivity contribution in [3.63, 3.8) is 0 Å². The van der Waals surface area contributed by atoms with E-state index in [9.17, 15) is 9.59 Å².